The van der Waals surface area contributed by atoms with Gasteiger partial charge in [0.15, 0.2) is 0 Å². The molecular weight excluding hydrogens is 388 g/mol. The van der Waals surface area contributed by atoms with Crippen LogP contribution < -0.4 is 5.32 Å². The highest BCUT2D eigenvalue weighted by atomic mass is 32.1. The largest absolute Gasteiger partial charge is 0.459 e. The number of carbonyl (C=O) groups is 2. The number of thiazole rings is 1. The normalized spacial score (nSPS) is 10.8. The lowest BCUT2D eigenvalue weighted by Gasteiger charge is -2.04. The van der Waals surface area contributed by atoms with Crippen molar-refractivity contribution in [1.82, 2.24) is 14.8 Å². The van der Waals surface area contributed by atoms with Crippen molar-refractivity contribution in [3.8, 4) is 0 Å². The third kappa shape index (κ3) is 5.51. The van der Waals surface area contributed by atoms with Crippen molar-refractivity contribution < 1.29 is 14.3 Å². The molecule has 0 aliphatic rings. The van der Waals surface area contributed by atoms with Crippen molar-refractivity contribution in [2.75, 3.05) is 5.32 Å². The molecule has 0 saturated carbocycles. The topological polar surface area (TPSA) is 86.1 Å². The van der Waals surface area contributed by atoms with E-state index in [9.17, 15) is 9.59 Å². The quantitative estimate of drug-likeness (QED) is 0.602. The zero-order chi connectivity index (χ0) is 21.0. The van der Waals surface area contributed by atoms with Gasteiger partial charge in [-0.15, -0.1) is 11.3 Å². The fourth-order valence-electron chi connectivity index (χ4n) is 2.90. The Morgan fingerprint density at radius 3 is 2.52 bits per heavy atom. The van der Waals surface area contributed by atoms with Crippen molar-refractivity contribution in [1.29, 1.82) is 0 Å². The fraction of sp³-hybridized carbons (Fsp3) is 0.333. The Morgan fingerprint density at radius 2 is 1.86 bits per heavy atom. The molecule has 0 aliphatic carbocycles. The Labute approximate surface area is 173 Å². The van der Waals surface area contributed by atoms with Gasteiger partial charge in [-0.3, -0.25) is 14.3 Å². The number of amides is 1. The fourth-order valence-corrected chi connectivity index (χ4v) is 3.68. The molecule has 0 radical (unpaired) electrons. The maximum atomic E-state index is 12.2. The number of ether oxygens (including phenoxy) is 1. The lowest BCUT2D eigenvalue weighted by atomic mass is 10.1. The molecular formula is C21H24N4O3S. The van der Waals surface area contributed by atoms with Gasteiger partial charge in [-0.2, -0.15) is 5.10 Å². The van der Waals surface area contributed by atoms with Gasteiger partial charge in [-0.1, -0.05) is 17.7 Å². The van der Waals surface area contributed by atoms with E-state index in [-0.39, 0.29) is 31.3 Å². The van der Waals surface area contributed by atoms with Crippen molar-refractivity contribution in [3.05, 3.63) is 62.9 Å². The van der Waals surface area contributed by atoms with E-state index in [4.69, 9.17) is 4.74 Å². The number of aryl methyl sites for hydroxylation is 3. The van der Waals surface area contributed by atoms with E-state index in [1.54, 1.807) is 4.68 Å². The van der Waals surface area contributed by atoms with Crippen LogP contribution in [0.3, 0.4) is 0 Å². The Kier molecular flexibility index (Phi) is 6.43. The summed E-state index contributed by atoms with van der Waals surface area (Å²) in [6.45, 7) is 5.89. The molecule has 0 atom stereocenters. The van der Waals surface area contributed by atoms with Crippen LogP contribution in [0.25, 0.3) is 0 Å². The van der Waals surface area contributed by atoms with E-state index < -0.39 is 0 Å². The van der Waals surface area contributed by atoms with Crippen LogP contribution in [-0.4, -0.2) is 26.6 Å². The molecule has 0 spiro atoms. The molecule has 2 aromatic heterocycles. The summed E-state index contributed by atoms with van der Waals surface area (Å²) < 4.78 is 7.10. The molecule has 0 aliphatic heterocycles. The summed E-state index contributed by atoms with van der Waals surface area (Å²) in [5.74, 6) is -0.454. The predicted octanol–water partition coefficient (Wildman–Crippen LogP) is 3.27. The second-order valence-electron chi connectivity index (χ2n) is 6.93. The number of nitrogens with one attached hydrogen (secondary N) is 1. The first-order chi connectivity index (χ1) is 13.8. The van der Waals surface area contributed by atoms with E-state index in [0.29, 0.717) is 10.7 Å². The minimum atomic E-state index is -0.323. The van der Waals surface area contributed by atoms with E-state index in [1.165, 1.54) is 11.3 Å². The maximum absolute atomic E-state index is 12.2. The molecule has 1 aromatic carbocycles. The van der Waals surface area contributed by atoms with Crippen molar-refractivity contribution >= 4 is 28.9 Å². The van der Waals surface area contributed by atoms with Gasteiger partial charge >= 0.3 is 5.97 Å². The van der Waals surface area contributed by atoms with Gasteiger partial charge in [0.05, 0.1) is 24.2 Å². The molecule has 3 aromatic rings. The highest BCUT2D eigenvalue weighted by molar-refractivity contribution is 7.09. The first-order valence-electron chi connectivity index (χ1n) is 9.26. The van der Waals surface area contributed by atoms with Crippen LogP contribution in [0.2, 0.25) is 0 Å². The summed E-state index contributed by atoms with van der Waals surface area (Å²) >= 11 is 1.38. The zero-order valence-corrected chi connectivity index (χ0v) is 17.8. The first-order valence-corrected chi connectivity index (χ1v) is 10.1. The van der Waals surface area contributed by atoms with Crippen LogP contribution in [0.5, 0.6) is 0 Å². The van der Waals surface area contributed by atoms with Gasteiger partial charge in [0, 0.05) is 29.4 Å². The number of anilines is 1. The van der Waals surface area contributed by atoms with E-state index in [1.807, 2.05) is 57.5 Å². The standard InChI is InChI=1S/C21H24N4O3S/c1-13-5-7-16(8-6-13)22-19(26)10-20-23-17(12-29-20)11-28-21(27)9-18-14(2)24-25(4)15(18)3/h5-8,12H,9-11H2,1-4H3,(H,22,26). The zero-order valence-electron chi connectivity index (χ0n) is 17.0. The Morgan fingerprint density at radius 1 is 1.14 bits per heavy atom. The average Bonchev–Trinajstić information content (AvgIpc) is 3.21. The minimum absolute atomic E-state index is 0.0905. The highest BCUT2D eigenvalue weighted by Crippen LogP contribution is 2.16. The predicted molar refractivity (Wildman–Crippen MR) is 112 cm³/mol. The van der Waals surface area contributed by atoms with Crippen LogP contribution in [-0.2, 0) is 40.8 Å². The minimum Gasteiger partial charge on any atom is -0.459 e. The molecule has 2 heterocycles. The average molecular weight is 413 g/mol. The van der Waals surface area contributed by atoms with Crippen LogP contribution in [0.15, 0.2) is 29.6 Å². The lowest BCUT2D eigenvalue weighted by molar-refractivity contribution is -0.144. The van der Waals surface area contributed by atoms with Crippen LogP contribution in [0.1, 0.15) is 33.2 Å². The third-order valence-corrected chi connectivity index (χ3v) is 5.51. The molecule has 0 unspecified atom stereocenters. The summed E-state index contributed by atoms with van der Waals surface area (Å²) in [4.78, 5) is 28.7. The summed E-state index contributed by atoms with van der Waals surface area (Å²) in [5.41, 5.74) is 5.21. The lowest BCUT2D eigenvalue weighted by Crippen LogP contribution is -2.14. The first kappa shape index (κ1) is 20.7. The number of esters is 1. The van der Waals surface area contributed by atoms with Gasteiger partial charge < -0.3 is 10.1 Å². The molecule has 0 saturated heterocycles. The van der Waals surface area contributed by atoms with Crippen LogP contribution in [0, 0.1) is 20.8 Å². The molecule has 7 nitrogen and oxygen atoms in total. The Hall–Kier alpha value is -3.00. The van der Waals surface area contributed by atoms with Crippen LogP contribution in [0.4, 0.5) is 5.69 Å². The second-order valence-corrected chi connectivity index (χ2v) is 7.88. The molecule has 29 heavy (non-hydrogen) atoms. The van der Waals surface area contributed by atoms with Crippen molar-refractivity contribution in [2.45, 2.75) is 40.2 Å². The molecule has 3 rings (SSSR count). The van der Waals surface area contributed by atoms with Crippen LogP contribution >= 0.6 is 11.3 Å². The summed E-state index contributed by atoms with van der Waals surface area (Å²) in [6, 6.07) is 7.62. The molecule has 0 fully saturated rings. The summed E-state index contributed by atoms with van der Waals surface area (Å²) in [6.07, 6.45) is 0.363. The third-order valence-electron chi connectivity index (χ3n) is 4.61. The number of aromatic nitrogens is 3. The van der Waals surface area contributed by atoms with Gasteiger partial charge in [0.2, 0.25) is 5.91 Å². The number of hydrogen-bond donors (Lipinski definition) is 1. The van der Waals surface area contributed by atoms with Crippen molar-refractivity contribution in [2.24, 2.45) is 7.05 Å². The number of hydrogen-bond acceptors (Lipinski definition) is 6. The monoisotopic (exact) mass is 412 g/mol. The molecule has 1 N–H and O–H groups in total. The maximum Gasteiger partial charge on any atom is 0.310 e. The number of rotatable bonds is 7. The van der Waals surface area contributed by atoms with E-state index in [0.717, 1.165) is 28.2 Å². The molecule has 152 valence electrons. The smallest absolute Gasteiger partial charge is 0.310 e. The van der Waals surface area contributed by atoms with Gasteiger partial charge in [-0.25, -0.2) is 4.98 Å². The van der Waals surface area contributed by atoms with Gasteiger partial charge in [0.1, 0.15) is 11.6 Å². The summed E-state index contributed by atoms with van der Waals surface area (Å²) in [7, 11) is 1.85. The van der Waals surface area contributed by atoms with E-state index in [2.05, 4.69) is 15.4 Å². The molecule has 0 bridgehead atoms. The van der Waals surface area contributed by atoms with E-state index >= 15 is 0 Å². The molecule has 8 heteroatoms. The van der Waals surface area contributed by atoms with Gasteiger partial charge in [0.25, 0.3) is 0 Å². The summed E-state index contributed by atoms with van der Waals surface area (Å²) in [5, 5.41) is 9.65. The Bertz CT molecular complexity index is 1020. The van der Waals surface area contributed by atoms with Gasteiger partial charge in [-0.05, 0) is 32.9 Å². The Balaban J connectivity index is 1.49. The number of nitrogens with zero attached hydrogens (tertiary/aromatic N) is 3. The highest BCUT2D eigenvalue weighted by Gasteiger charge is 2.15. The van der Waals surface area contributed by atoms with Crippen molar-refractivity contribution in [3.63, 3.8) is 0 Å². The number of carbonyl (C=O) groups excluding carboxylic acids is 2. The molecule has 1 amide bonds. The second kappa shape index (κ2) is 9.00. The number of benzene rings is 1. The SMILES string of the molecule is Cc1ccc(NC(=O)Cc2nc(COC(=O)Cc3c(C)nn(C)c3C)cs2)cc1.